The van der Waals surface area contributed by atoms with Crippen LogP contribution in [0.4, 0.5) is 17.1 Å². The Hall–Kier alpha value is -4.38. The van der Waals surface area contributed by atoms with Crippen molar-refractivity contribution in [3.05, 3.63) is 82.9 Å². The highest BCUT2D eigenvalue weighted by atomic mass is 32.2. The zero-order valence-corrected chi connectivity index (χ0v) is 19.4. The second kappa shape index (κ2) is 10.7. The number of aromatic hydroxyl groups is 1. The van der Waals surface area contributed by atoms with E-state index >= 15 is 0 Å². The third-order valence-electron chi connectivity index (χ3n) is 4.88. The van der Waals surface area contributed by atoms with Gasteiger partial charge < -0.3 is 19.1 Å². The second-order valence-corrected chi connectivity index (χ2v) is 8.37. The summed E-state index contributed by atoms with van der Waals surface area (Å²) in [5.74, 6) is -0.140. The molecule has 1 heterocycles. The molecule has 0 saturated carbocycles. The number of aromatic amines is 1. The van der Waals surface area contributed by atoms with Crippen LogP contribution < -0.4 is 9.04 Å². The van der Waals surface area contributed by atoms with Crippen molar-refractivity contribution in [2.75, 3.05) is 17.5 Å². The first kappa shape index (κ1) is 23.8. The summed E-state index contributed by atoms with van der Waals surface area (Å²) in [7, 11) is 0. The molecule has 0 radical (unpaired) electrons. The van der Waals surface area contributed by atoms with Gasteiger partial charge in [0, 0.05) is 28.1 Å². The summed E-state index contributed by atoms with van der Waals surface area (Å²) < 4.78 is 7.25. The lowest BCUT2D eigenvalue weighted by Crippen LogP contribution is -2.21. The number of benzene rings is 3. The molecule has 3 aromatic carbocycles. The topological polar surface area (TPSA) is 133 Å². The first-order valence-corrected chi connectivity index (χ1v) is 11.4. The number of carbonyl (C=O) groups is 1. The van der Waals surface area contributed by atoms with E-state index in [0.29, 0.717) is 12.1 Å². The molecule has 1 amide bonds. The van der Waals surface area contributed by atoms with Crippen LogP contribution in [-0.2, 0) is 4.79 Å². The number of aromatic nitrogens is 1. The summed E-state index contributed by atoms with van der Waals surface area (Å²) in [6.45, 7) is 2.38. The summed E-state index contributed by atoms with van der Waals surface area (Å²) in [5.41, 5.74) is 1.02. The SMILES string of the molecule is CCOc1ccc(SN(CC(=O)N=Nc2c(O)[nH]c3ccc([N+](=O)[O-])cc23)c2ccccc2)cc1. The molecule has 0 aliphatic carbocycles. The molecule has 178 valence electrons. The molecule has 1 aromatic heterocycles. The number of para-hydroxylation sites is 1. The predicted octanol–water partition coefficient (Wildman–Crippen LogP) is 6.00. The number of H-pyrrole nitrogens is 1. The van der Waals surface area contributed by atoms with Crippen molar-refractivity contribution >= 4 is 45.8 Å². The van der Waals surface area contributed by atoms with Crippen molar-refractivity contribution in [1.82, 2.24) is 4.98 Å². The van der Waals surface area contributed by atoms with Crippen molar-refractivity contribution in [3.63, 3.8) is 0 Å². The minimum absolute atomic E-state index is 0.0394. The predicted molar refractivity (Wildman–Crippen MR) is 133 cm³/mol. The molecule has 0 bridgehead atoms. The third-order valence-corrected chi connectivity index (χ3v) is 5.92. The van der Waals surface area contributed by atoms with Crippen molar-refractivity contribution in [1.29, 1.82) is 0 Å². The number of rotatable bonds is 9. The molecule has 35 heavy (non-hydrogen) atoms. The van der Waals surface area contributed by atoms with Crippen LogP contribution in [0.3, 0.4) is 0 Å². The van der Waals surface area contributed by atoms with Crippen molar-refractivity contribution in [3.8, 4) is 11.6 Å². The Morgan fingerprint density at radius 1 is 1.14 bits per heavy atom. The Bertz CT molecular complexity index is 1370. The molecule has 0 saturated heterocycles. The van der Waals surface area contributed by atoms with E-state index in [9.17, 15) is 20.0 Å². The summed E-state index contributed by atoms with van der Waals surface area (Å²) in [5, 5.41) is 29.2. The number of amides is 1. The molecular weight excluding hydrogens is 470 g/mol. The number of anilines is 1. The molecule has 0 atom stereocenters. The third kappa shape index (κ3) is 5.76. The van der Waals surface area contributed by atoms with E-state index < -0.39 is 10.8 Å². The van der Waals surface area contributed by atoms with E-state index in [4.69, 9.17) is 4.74 Å². The minimum Gasteiger partial charge on any atom is -0.494 e. The number of nitro groups is 1. The van der Waals surface area contributed by atoms with Gasteiger partial charge in [0.1, 0.15) is 12.3 Å². The van der Waals surface area contributed by atoms with Crippen LogP contribution in [0.15, 0.2) is 87.9 Å². The highest BCUT2D eigenvalue weighted by Gasteiger charge is 2.17. The fourth-order valence-electron chi connectivity index (χ4n) is 3.29. The summed E-state index contributed by atoms with van der Waals surface area (Å²) in [6, 6.07) is 20.9. The number of nitrogens with one attached hydrogen (secondary N) is 1. The Labute approximate surface area is 204 Å². The number of nitrogens with zero attached hydrogens (tertiary/aromatic N) is 4. The van der Waals surface area contributed by atoms with Crippen LogP contribution >= 0.6 is 11.9 Å². The van der Waals surface area contributed by atoms with Gasteiger partial charge in [0.25, 0.3) is 11.6 Å². The molecule has 4 aromatic rings. The number of carbonyl (C=O) groups excluding carboxylic acids is 1. The first-order chi connectivity index (χ1) is 16.9. The van der Waals surface area contributed by atoms with Crippen LogP contribution in [0.25, 0.3) is 10.9 Å². The average molecular weight is 492 g/mol. The van der Waals surface area contributed by atoms with Crippen LogP contribution in [0.1, 0.15) is 6.92 Å². The van der Waals surface area contributed by atoms with Gasteiger partial charge in [-0.05, 0) is 61.3 Å². The highest BCUT2D eigenvalue weighted by Crippen LogP contribution is 2.37. The van der Waals surface area contributed by atoms with Gasteiger partial charge in [0.05, 0.1) is 17.0 Å². The van der Waals surface area contributed by atoms with Crippen LogP contribution in [0.5, 0.6) is 11.6 Å². The van der Waals surface area contributed by atoms with Gasteiger partial charge in [0.2, 0.25) is 5.88 Å². The Morgan fingerprint density at radius 2 is 1.89 bits per heavy atom. The summed E-state index contributed by atoms with van der Waals surface area (Å²) in [4.78, 5) is 26.8. The van der Waals surface area contributed by atoms with Crippen LogP contribution in [0, 0.1) is 10.1 Å². The molecule has 10 nitrogen and oxygen atoms in total. The Balaban J connectivity index is 1.55. The molecule has 2 N–H and O–H groups in total. The van der Waals surface area contributed by atoms with E-state index in [1.165, 1.54) is 30.1 Å². The number of ether oxygens (including phenoxy) is 1. The zero-order chi connectivity index (χ0) is 24.8. The number of nitro benzene ring substituents is 1. The lowest BCUT2D eigenvalue weighted by molar-refractivity contribution is -0.384. The monoisotopic (exact) mass is 491 g/mol. The molecule has 0 aliphatic rings. The van der Waals surface area contributed by atoms with E-state index in [1.54, 1.807) is 4.31 Å². The van der Waals surface area contributed by atoms with Crippen molar-refractivity contribution < 1.29 is 19.6 Å². The van der Waals surface area contributed by atoms with Crippen LogP contribution in [0.2, 0.25) is 0 Å². The number of azo groups is 1. The number of fused-ring (bicyclic) bond motifs is 1. The highest BCUT2D eigenvalue weighted by molar-refractivity contribution is 8.00. The maximum atomic E-state index is 12.7. The number of hydrogen-bond donors (Lipinski definition) is 2. The standard InChI is InChI=1S/C24H21N5O5S/c1-2-34-18-9-11-19(12-10-18)35-28(16-6-4-3-5-7-16)15-22(30)26-27-23-20-14-17(29(32)33)8-13-21(20)25-24(23)31/h3-14,25,31H,2,15H2,1H3. The van der Waals surface area contributed by atoms with E-state index in [1.807, 2.05) is 61.5 Å². The van der Waals surface area contributed by atoms with Crippen molar-refractivity contribution in [2.45, 2.75) is 11.8 Å². The second-order valence-electron chi connectivity index (χ2n) is 7.27. The molecule has 0 unspecified atom stereocenters. The van der Waals surface area contributed by atoms with Gasteiger partial charge in [-0.25, -0.2) is 0 Å². The quantitative estimate of drug-likeness (QED) is 0.127. The van der Waals surface area contributed by atoms with Gasteiger partial charge in [0.15, 0.2) is 5.69 Å². The molecular formula is C24H21N5O5S. The summed E-state index contributed by atoms with van der Waals surface area (Å²) in [6.07, 6.45) is 0. The zero-order valence-electron chi connectivity index (χ0n) is 18.6. The average Bonchev–Trinajstić information content (AvgIpc) is 3.18. The largest absolute Gasteiger partial charge is 0.494 e. The molecule has 0 spiro atoms. The van der Waals surface area contributed by atoms with Gasteiger partial charge in [-0.15, -0.1) is 10.2 Å². The fraction of sp³-hybridized carbons (Fsp3) is 0.125. The maximum Gasteiger partial charge on any atom is 0.284 e. The molecule has 4 rings (SSSR count). The molecule has 0 fully saturated rings. The number of hydrogen-bond acceptors (Lipinski definition) is 8. The number of non-ortho nitro benzene ring substituents is 1. The fourth-order valence-corrected chi connectivity index (χ4v) is 4.20. The van der Waals surface area contributed by atoms with Gasteiger partial charge in [-0.2, -0.15) is 0 Å². The molecule has 11 heteroatoms. The summed E-state index contributed by atoms with van der Waals surface area (Å²) >= 11 is 1.36. The van der Waals surface area contributed by atoms with E-state index in [2.05, 4.69) is 15.2 Å². The van der Waals surface area contributed by atoms with Gasteiger partial charge >= 0.3 is 0 Å². The van der Waals surface area contributed by atoms with E-state index in [0.717, 1.165) is 16.3 Å². The lowest BCUT2D eigenvalue weighted by Gasteiger charge is -2.21. The van der Waals surface area contributed by atoms with Crippen LogP contribution in [-0.4, -0.2) is 34.1 Å². The van der Waals surface area contributed by atoms with E-state index in [-0.39, 0.29) is 29.2 Å². The maximum absolute atomic E-state index is 12.7. The van der Waals surface area contributed by atoms with Crippen molar-refractivity contribution in [2.24, 2.45) is 10.2 Å². The smallest absolute Gasteiger partial charge is 0.284 e. The lowest BCUT2D eigenvalue weighted by atomic mass is 10.2. The first-order valence-electron chi connectivity index (χ1n) is 10.6. The Kier molecular flexibility index (Phi) is 7.27. The minimum atomic E-state index is -0.563. The van der Waals surface area contributed by atoms with Gasteiger partial charge in [-0.1, -0.05) is 18.2 Å². The normalized spacial score (nSPS) is 11.1. The molecule has 0 aliphatic heterocycles. The van der Waals surface area contributed by atoms with Gasteiger partial charge in [-0.3, -0.25) is 14.9 Å². The Morgan fingerprint density at radius 3 is 2.57 bits per heavy atom.